The van der Waals surface area contributed by atoms with Gasteiger partial charge in [-0.05, 0) is 20.6 Å². The van der Waals surface area contributed by atoms with Gasteiger partial charge in [-0.3, -0.25) is 0 Å². The van der Waals surface area contributed by atoms with Crippen molar-refractivity contribution in [3.63, 3.8) is 0 Å². The first-order valence-electron chi connectivity index (χ1n) is 2.86. The van der Waals surface area contributed by atoms with Crippen LogP contribution in [0.1, 0.15) is 0 Å². The molecule has 0 radical (unpaired) electrons. The number of rotatable bonds is 3. The maximum absolute atomic E-state index is 11.7. The molecule has 0 spiro atoms. The maximum atomic E-state index is 11.7. The molecule has 0 N–H and O–H groups in total. The second-order valence-electron chi connectivity index (χ2n) is 2.47. The molecule has 11 heavy (non-hydrogen) atoms. The van der Waals surface area contributed by atoms with E-state index >= 15 is 0 Å². The Kier molecular flexibility index (Phi) is 7.71. The zero-order valence-electron chi connectivity index (χ0n) is 7.07. The topological polar surface area (TPSA) is 3.24 Å². The van der Waals surface area contributed by atoms with Gasteiger partial charge in [0, 0.05) is 0 Å². The van der Waals surface area contributed by atoms with E-state index in [0.29, 0.717) is 0 Å². The Morgan fingerprint density at radius 1 is 1.36 bits per heavy atom. The van der Waals surface area contributed by atoms with E-state index in [2.05, 4.69) is 6.58 Å². The molecule has 1 nitrogen and oxygen atoms in total. The number of nitrogens with zero attached hydrogens (tertiary/aromatic N) is 1. The van der Waals surface area contributed by atoms with Gasteiger partial charge in [-0.1, -0.05) is 0 Å². The first-order valence-corrected chi connectivity index (χ1v) is 2.86. The molecular formula is C5H10BF3KN. The van der Waals surface area contributed by atoms with Crippen molar-refractivity contribution >= 4 is 6.98 Å². The van der Waals surface area contributed by atoms with Crippen LogP contribution in [0, 0.1) is 0 Å². The molecule has 0 aromatic heterocycles. The summed E-state index contributed by atoms with van der Waals surface area (Å²) in [5.74, 6) is 0. The largest absolute Gasteiger partial charge is 1.00 e. The SMILES string of the molecule is C=C(CN(C)C)[B-](F)(F)F.[K+]. The zero-order valence-corrected chi connectivity index (χ0v) is 10.2. The molecular weight excluding hydrogens is 181 g/mol. The van der Waals surface area contributed by atoms with E-state index in [9.17, 15) is 12.9 Å². The van der Waals surface area contributed by atoms with Gasteiger partial charge in [-0.15, -0.1) is 12.1 Å². The van der Waals surface area contributed by atoms with Crippen molar-refractivity contribution in [3.05, 3.63) is 12.1 Å². The Labute approximate surface area is 107 Å². The van der Waals surface area contributed by atoms with Crippen LogP contribution in [-0.2, 0) is 0 Å². The van der Waals surface area contributed by atoms with Crippen LogP contribution in [0.2, 0.25) is 0 Å². The minimum absolute atomic E-state index is 0. The standard InChI is InChI=1S/C5H10BF3N.K/c1-5(4-10(2)3)6(7,8)9;/h1,4H2,2-3H3;/q-1;+1. The van der Waals surface area contributed by atoms with Crippen LogP contribution < -0.4 is 51.4 Å². The summed E-state index contributed by atoms with van der Waals surface area (Å²) in [7, 11) is 3.15. The van der Waals surface area contributed by atoms with Crippen molar-refractivity contribution in [2.24, 2.45) is 0 Å². The van der Waals surface area contributed by atoms with E-state index in [4.69, 9.17) is 0 Å². The smallest absolute Gasteiger partial charge is 0.445 e. The van der Waals surface area contributed by atoms with Crippen LogP contribution in [0.25, 0.3) is 0 Å². The van der Waals surface area contributed by atoms with Gasteiger partial charge in [-0.25, -0.2) is 0 Å². The van der Waals surface area contributed by atoms with Crippen molar-refractivity contribution in [2.75, 3.05) is 20.6 Å². The average Bonchev–Trinajstić information content (AvgIpc) is 1.60. The Morgan fingerprint density at radius 2 is 1.73 bits per heavy atom. The molecule has 6 heteroatoms. The molecule has 0 atom stereocenters. The molecule has 0 fully saturated rings. The zero-order chi connectivity index (χ0) is 8.36. The number of hydrogen-bond donors (Lipinski definition) is 0. The van der Waals surface area contributed by atoms with E-state index < -0.39 is 12.4 Å². The van der Waals surface area contributed by atoms with Gasteiger partial charge >= 0.3 is 58.4 Å². The minimum Gasteiger partial charge on any atom is -0.445 e. The molecule has 0 bridgehead atoms. The fourth-order valence-electron chi connectivity index (χ4n) is 0.510. The summed E-state index contributed by atoms with van der Waals surface area (Å²) in [5, 5.41) is 0. The van der Waals surface area contributed by atoms with Gasteiger partial charge in [-0.2, -0.15) is 0 Å². The second-order valence-corrected chi connectivity index (χ2v) is 2.47. The van der Waals surface area contributed by atoms with Crippen molar-refractivity contribution < 1.29 is 64.3 Å². The van der Waals surface area contributed by atoms with Crippen LogP contribution in [0.5, 0.6) is 0 Å². The van der Waals surface area contributed by atoms with Gasteiger partial charge in [0.1, 0.15) is 0 Å². The van der Waals surface area contributed by atoms with Gasteiger partial charge in [0.25, 0.3) is 0 Å². The van der Waals surface area contributed by atoms with Crippen LogP contribution in [0.3, 0.4) is 0 Å². The Bertz CT molecular complexity index is 134. The molecule has 0 aliphatic carbocycles. The number of halogens is 3. The third-order valence-corrected chi connectivity index (χ3v) is 0.982. The molecule has 0 aromatic carbocycles. The molecule has 0 aliphatic rings. The van der Waals surface area contributed by atoms with Crippen molar-refractivity contribution in [1.29, 1.82) is 0 Å². The Morgan fingerprint density at radius 3 is 1.82 bits per heavy atom. The third kappa shape index (κ3) is 7.55. The summed E-state index contributed by atoms with van der Waals surface area (Å²) in [6.45, 7) is -2.02. The summed E-state index contributed by atoms with van der Waals surface area (Å²) in [6.07, 6.45) is 0. The predicted molar refractivity (Wildman–Crippen MR) is 36.8 cm³/mol. The molecule has 0 amide bonds. The number of likely N-dealkylation sites (N-methyl/N-ethyl adjacent to an activating group) is 1. The summed E-state index contributed by atoms with van der Waals surface area (Å²) in [4.78, 5) is 1.44. The van der Waals surface area contributed by atoms with Gasteiger partial charge in [0.05, 0.1) is 0 Å². The van der Waals surface area contributed by atoms with Crippen molar-refractivity contribution in [2.45, 2.75) is 0 Å². The first kappa shape index (κ1) is 14.7. The molecule has 0 heterocycles. The minimum atomic E-state index is -4.84. The quantitative estimate of drug-likeness (QED) is 0.490. The fraction of sp³-hybridized carbons (Fsp3) is 0.600. The molecule has 0 aromatic rings. The molecule has 0 saturated heterocycles. The predicted octanol–water partition coefficient (Wildman–Crippen LogP) is -1.51. The van der Waals surface area contributed by atoms with Crippen LogP contribution in [0.4, 0.5) is 12.9 Å². The van der Waals surface area contributed by atoms with E-state index in [1.807, 2.05) is 0 Å². The number of hydrogen-bond acceptors (Lipinski definition) is 1. The molecule has 60 valence electrons. The van der Waals surface area contributed by atoms with E-state index in [0.717, 1.165) is 0 Å². The normalized spacial score (nSPS) is 11.1. The Balaban J connectivity index is 0. The van der Waals surface area contributed by atoms with Gasteiger partial charge in [0.15, 0.2) is 0 Å². The summed E-state index contributed by atoms with van der Waals surface area (Å²) >= 11 is 0. The second kappa shape index (κ2) is 5.77. The Hall–Kier alpha value is 1.19. The fourth-order valence-corrected chi connectivity index (χ4v) is 0.510. The van der Waals surface area contributed by atoms with Crippen molar-refractivity contribution in [1.82, 2.24) is 4.90 Å². The van der Waals surface area contributed by atoms with Crippen LogP contribution in [-0.4, -0.2) is 32.5 Å². The molecule has 0 saturated carbocycles. The van der Waals surface area contributed by atoms with E-state index in [1.54, 1.807) is 14.1 Å². The molecule has 0 rings (SSSR count). The van der Waals surface area contributed by atoms with Crippen molar-refractivity contribution in [3.8, 4) is 0 Å². The third-order valence-electron chi connectivity index (χ3n) is 0.982. The average molecular weight is 191 g/mol. The van der Waals surface area contributed by atoms with Gasteiger partial charge < -0.3 is 17.8 Å². The van der Waals surface area contributed by atoms with E-state index in [1.165, 1.54) is 4.90 Å². The van der Waals surface area contributed by atoms with Crippen LogP contribution >= 0.6 is 0 Å². The first-order chi connectivity index (χ1) is 4.34. The molecule has 0 aliphatic heterocycles. The summed E-state index contributed by atoms with van der Waals surface area (Å²) in [6, 6.07) is 0. The van der Waals surface area contributed by atoms with Crippen LogP contribution in [0.15, 0.2) is 12.1 Å². The molecule has 0 unspecified atom stereocenters. The summed E-state index contributed by atoms with van der Waals surface area (Å²) in [5.41, 5.74) is -0.648. The maximum Gasteiger partial charge on any atom is 1.00 e. The van der Waals surface area contributed by atoms with E-state index in [-0.39, 0.29) is 57.9 Å². The monoisotopic (exact) mass is 191 g/mol. The summed E-state index contributed by atoms with van der Waals surface area (Å²) < 4.78 is 35.2. The van der Waals surface area contributed by atoms with Gasteiger partial charge in [0.2, 0.25) is 0 Å².